The van der Waals surface area contributed by atoms with E-state index in [0.29, 0.717) is 17.6 Å². The lowest BCUT2D eigenvalue weighted by Gasteiger charge is -2.16. The molecule has 1 aromatic heterocycles. The van der Waals surface area contributed by atoms with Crippen molar-refractivity contribution in [1.29, 1.82) is 0 Å². The van der Waals surface area contributed by atoms with Gasteiger partial charge in [0.1, 0.15) is 5.25 Å². The van der Waals surface area contributed by atoms with Gasteiger partial charge in [0.05, 0.1) is 5.52 Å². The molecule has 3 rings (SSSR count). The zero-order valence-corrected chi connectivity index (χ0v) is 15.3. The second-order valence-electron chi connectivity index (χ2n) is 5.43. The summed E-state index contributed by atoms with van der Waals surface area (Å²) in [5.74, 6) is 0. The van der Waals surface area contributed by atoms with Gasteiger partial charge in [0, 0.05) is 22.6 Å². The highest BCUT2D eigenvalue weighted by Crippen LogP contribution is 2.31. The van der Waals surface area contributed by atoms with Crippen molar-refractivity contribution in [3.05, 3.63) is 83.0 Å². The fourth-order valence-corrected chi connectivity index (χ4v) is 4.86. The summed E-state index contributed by atoms with van der Waals surface area (Å²) in [6.45, 7) is 4.15. The van der Waals surface area contributed by atoms with Gasteiger partial charge in [-0.15, -0.1) is 6.58 Å². The van der Waals surface area contributed by atoms with Crippen molar-refractivity contribution in [3.8, 4) is 0 Å². The zero-order valence-electron chi connectivity index (χ0n) is 12.9. The first kappa shape index (κ1) is 17.0. The van der Waals surface area contributed by atoms with Gasteiger partial charge in [-0.2, -0.15) is 0 Å². The Balaban J connectivity index is 2.12. The van der Waals surface area contributed by atoms with E-state index in [1.807, 2.05) is 24.3 Å². The molecule has 124 valence electrons. The summed E-state index contributed by atoms with van der Waals surface area (Å²) < 4.78 is 28.5. The number of hydrogen-bond donors (Lipinski definition) is 1. The van der Waals surface area contributed by atoms with E-state index in [1.54, 1.807) is 30.5 Å². The van der Waals surface area contributed by atoms with E-state index in [-0.39, 0.29) is 0 Å². The summed E-state index contributed by atoms with van der Waals surface area (Å²) in [6.07, 6.45) is 3.03. The Hall–Kier alpha value is -1.89. The lowest BCUT2D eigenvalue weighted by atomic mass is 10.1. The fourth-order valence-electron chi connectivity index (χ4n) is 2.72. The van der Waals surface area contributed by atoms with Crippen LogP contribution in [-0.4, -0.2) is 12.4 Å². The van der Waals surface area contributed by atoms with E-state index in [1.165, 1.54) is 10.0 Å². The van der Waals surface area contributed by atoms with Gasteiger partial charge in [-0.05, 0) is 29.3 Å². The van der Waals surface area contributed by atoms with E-state index in [9.17, 15) is 8.42 Å². The summed E-state index contributed by atoms with van der Waals surface area (Å²) in [4.78, 5) is 0. The summed E-state index contributed by atoms with van der Waals surface area (Å²) in [5, 5.41) is 0.0151. The predicted molar refractivity (Wildman–Crippen MR) is 101 cm³/mol. The smallest absolute Gasteiger partial charge is 0.249 e. The SMILES string of the molecule is C=CC(c1ccc(CN)cc1)S(=O)(=O)n1ccc2c(Br)cccc21. The number of nitrogens with zero attached hydrogens (tertiary/aromatic N) is 1. The molecule has 6 heteroatoms. The van der Waals surface area contributed by atoms with Crippen molar-refractivity contribution in [1.82, 2.24) is 3.97 Å². The molecule has 0 fully saturated rings. The van der Waals surface area contributed by atoms with Crippen molar-refractivity contribution in [2.24, 2.45) is 5.73 Å². The van der Waals surface area contributed by atoms with Crippen LogP contribution < -0.4 is 5.73 Å². The monoisotopic (exact) mass is 404 g/mol. The number of halogens is 1. The second kappa shape index (κ2) is 6.55. The first-order chi connectivity index (χ1) is 11.5. The average molecular weight is 405 g/mol. The van der Waals surface area contributed by atoms with Crippen LogP contribution in [0.15, 0.2) is 71.9 Å². The molecular formula is C18H17BrN2O2S. The minimum absolute atomic E-state index is 0.419. The molecule has 1 unspecified atom stereocenters. The number of benzene rings is 2. The van der Waals surface area contributed by atoms with Crippen LogP contribution in [0.3, 0.4) is 0 Å². The maximum Gasteiger partial charge on any atom is 0.249 e. The van der Waals surface area contributed by atoms with Crippen LogP contribution in [0.5, 0.6) is 0 Å². The van der Waals surface area contributed by atoms with Gasteiger partial charge in [0.15, 0.2) is 0 Å². The topological polar surface area (TPSA) is 65.1 Å². The Labute approximate surface area is 149 Å². The molecule has 0 aliphatic rings. The molecule has 0 spiro atoms. The molecule has 0 radical (unpaired) electrons. The molecule has 1 atom stereocenters. The van der Waals surface area contributed by atoms with Crippen LogP contribution in [0.4, 0.5) is 0 Å². The third-order valence-electron chi connectivity index (χ3n) is 4.00. The summed E-state index contributed by atoms with van der Waals surface area (Å²) in [5.41, 5.74) is 7.85. The highest BCUT2D eigenvalue weighted by molar-refractivity contribution is 9.10. The Morgan fingerprint density at radius 3 is 2.50 bits per heavy atom. The molecule has 4 nitrogen and oxygen atoms in total. The van der Waals surface area contributed by atoms with Crippen LogP contribution in [-0.2, 0) is 16.6 Å². The minimum Gasteiger partial charge on any atom is -0.326 e. The van der Waals surface area contributed by atoms with Gasteiger partial charge < -0.3 is 5.73 Å². The van der Waals surface area contributed by atoms with Crippen LogP contribution in [0.2, 0.25) is 0 Å². The highest BCUT2D eigenvalue weighted by atomic mass is 79.9. The van der Waals surface area contributed by atoms with Crippen molar-refractivity contribution >= 4 is 36.9 Å². The van der Waals surface area contributed by atoms with Crippen LogP contribution >= 0.6 is 15.9 Å². The number of fused-ring (bicyclic) bond motifs is 1. The summed E-state index contributed by atoms with van der Waals surface area (Å²) in [6, 6.07) is 14.5. The largest absolute Gasteiger partial charge is 0.326 e. The molecule has 0 aliphatic heterocycles. The summed E-state index contributed by atoms with van der Waals surface area (Å²) >= 11 is 3.45. The molecule has 0 bridgehead atoms. The molecule has 1 heterocycles. The molecule has 0 saturated heterocycles. The van der Waals surface area contributed by atoms with E-state index in [0.717, 1.165) is 15.4 Å². The Morgan fingerprint density at radius 2 is 1.88 bits per heavy atom. The van der Waals surface area contributed by atoms with Crippen LogP contribution in [0, 0.1) is 0 Å². The maximum atomic E-state index is 13.2. The Morgan fingerprint density at radius 1 is 1.17 bits per heavy atom. The van der Waals surface area contributed by atoms with Crippen molar-refractivity contribution in [3.63, 3.8) is 0 Å². The highest BCUT2D eigenvalue weighted by Gasteiger charge is 2.27. The Kier molecular flexibility index (Phi) is 4.62. The number of hydrogen-bond acceptors (Lipinski definition) is 3. The summed E-state index contributed by atoms with van der Waals surface area (Å²) in [7, 11) is -3.68. The normalized spacial score (nSPS) is 13.1. The lowest BCUT2D eigenvalue weighted by Crippen LogP contribution is -2.19. The standard InChI is InChI=1S/C18H17BrN2O2S/c1-2-18(14-8-6-13(12-20)7-9-14)24(22,23)21-11-10-15-16(19)4-3-5-17(15)21/h2-11,18H,1,12,20H2. The zero-order chi connectivity index (χ0) is 17.3. The van der Waals surface area contributed by atoms with Gasteiger partial charge >= 0.3 is 0 Å². The maximum absolute atomic E-state index is 13.2. The molecule has 2 N–H and O–H groups in total. The van der Waals surface area contributed by atoms with E-state index < -0.39 is 15.3 Å². The fraction of sp³-hybridized carbons (Fsp3) is 0.111. The third-order valence-corrected chi connectivity index (χ3v) is 6.66. The molecule has 0 aliphatic carbocycles. The molecule has 0 amide bonds. The molecule has 0 saturated carbocycles. The first-order valence-electron chi connectivity index (χ1n) is 7.40. The number of rotatable bonds is 5. The second-order valence-corrected chi connectivity index (χ2v) is 8.22. The minimum atomic E-state index is -3.68. The van der Waals surface area contributed by atoms with E-state index >= 15 is 0 Å². The van der Waals surface area contributed by atoms with E-state index in [4.69, 9.17) is 5.73 Å². The molecule has 2 aromatic carbocycles. The van der Waals surface area contributed by atoms with Crippen molar-refractivity contribution in [2.75, 3.05) is 0 Å². The van der Waals surface area contributed by atoms with Crippen molar-refractivity contribution < 1.29 is 8.42 Å². The average Bonchev–Trinajstić information content (AvgIpc) is 3.02. The van der Waals surface area contributed by atoms with Gasteiger partial charge in [0.2, 0.25) is 10.0 Å². The van der Waals surface area contributed by atoms with E-state index in [2.05, 4.69) is 22.5 Å². The molecule has 3 aromatic rings. The Bertz CT molecular complexity index is 992. The van der Waals surface area contributed by atoms with Crippen LogP contribution in [0.25, 0.3) is 10.9 Å². The number of nitrogens with two attached hydrogens (primary N) is 1. The van der Waals surface area contributed by atoms with Crippen molar-refractivity contribution in [2.45, 2.75) is 11.8 Å². The van der Waals surface area contributed by atoms with Crippen LogP contribution in [0.1, 0.15) is 16.4 Å². The lowest BCUT2D eigenvalue weighted by molar-refractivity contribution is 0.583. The molecular weight excluding hydrogens is 388 g/mol. The predicted octanol–water partition coefficient (Wildman–Crippen LogP) is 3.97. The first-order valence-corrected chi connectivity index (χ1v) is 9.70. The van der Waals surface area contributed by atoms with Gasteiger partial charge in [0.25, 0.3) is 0 Å². The van der Waals surface area contributed by atoms with Gasteiger partial charge in [-0.1, -0.05) is 52.3 Å². The third kappa shape index (κ3) is 2.81. The molecule has 24 heavy (non-hydrogen) atoms. The quantitative estimate of drug-likeness (QED) is 0.654. The number of aromatic nitrogens is 1. The van der Waals surface area contributed by atoms with Gasteiger partial charge in [-0.3, -0.25) is 0 Å². The van der Waals surface area contributed by atoms with Gasteiger partial charge in [-0.25, -0.2) is 12.4 Å².